The fourth-order valence-electron chi connectivity index (χ4n) is 12.2. The summed E-state index contributed by atoms with van der Waals surface area (Å²) in [4.78, 5) is 14.4. The highest BCUT2D eigenvalue weighted by atomic mass is 16.8. The van der Waals surface area contributed by atoms with E-state index < -0.39 is 116 Å². The maximum Gasteiger partial charge on any atom is 0.311 e. The van der Waals surface area contributed by atoms with Crippen LogP contribution in [0.4, 0.5) is 0 Å². The first-order chi connectivity index (χ1) is 46.1. The monoisotopic (exact) mass is 1280 g/mol. The van der Waals surface area contributed by atoms with Crippen LogP contribution in [0.25, 0.3) is 0 Å². The second-order valence-electron chi connectivity index (χ2n) is 25.2. The van der Waals surface area contributed by atoms with Gasteiger partial charge >= 0.3 is 5.97 Å². The Morgan fingerprint density at radius 2 is 0.830 bits per heavy atom. The molecule has 17 nitrogen and oxygen atoms in total. The largest absolute Gasteiger partial charge is 0.454 e. The molecule has 7 aromatic carbocycles. The molecule has 496 valence electrons. The first-order valence-electron chi connectivity index (χ1n) is 32.7. The minimum absolute atomic E-state index is 0.0189. The van der Waals surface area contributed by atoms with Crippen LogP contribution in [0.2, 0.25) is 0 Å². The van der Waals surface area contributed by atoms with Gasteiger partial charge in [-0.25, -0.2) is 0 Å². The summed E-state index contributed by atoms with van der Waals surface area (Å²) >= 11 is 0. The van der Waals surface area contributed by atoms with E-state index in [9.17, 15) is 4.79 Å². The van der Waals surface area contributed by atoms with Crippen molar-refractivity contribution in [2.75, 3.05) is 26.4 Å². The van der Waals surface area contributed by atoms with Crippen molar-refractivity contribution in [1.29, 1.82) is 0 Å². The van der Waals surface area contributed by atoms with Gasteiger partial charge in [0.2, 0.25) is 0 Å². The highest BCUT2D eigenvalue weighted by Crippen LogP contribution is 2.44. The van der Waals surface area contributed by atoms with Crippen molar-refractivity contribution in [3.8, 4) is 0 Å². The lowest BCUT2D eigenvalue weighted by Gasteiger charge is -2.53. The van der Waals surface area contributed by atoms with Crippen molar-refractivity contribution < 1.29 is 80.6 Å². The molecule has 7 aromatic rings. The van der Waals surface area contributed by atoms with Crippen molar-refractivity contribution in [3.05, 3.63) is 264 Å². The molecule has 0 aliphatic carbocycles. The maximum atomic E-state index is 14.4. The lowest BCUT2D eigenvalue weighted by molar-refractivity contribution is -0.421. The van der Waals surface area contributed by atoms with Crippen LogP contribution in [-0.4, -0.2) is 125 Å². The normalized spacial score (nSPS) is 29.3. The minimum Gasteiger partial charge on any atom is -0.454 e. The molecule has 0 radical (unpaired) electrons. The summed E-state index contributed by atoms with van der Waals surface area (Å²) in [5.41, 5.74) is 5.22. The molecule has 0 saturated carbocycles. The first-order valence-corrected chi connectivity index (χ1v) is 32.7. The first kappa shape index (κ1) is 67.1. The average molecular weight is 1280 g/mol. The van der Waals surface area contributed by atoms with Gasteiger partial charge in [0.25, 0.3) is 0 Å². The minimum atomic E-state index is -1.33. The third-order valence-corrected chi connectivity index (χ3v) is 17.1. The van der Waals surface area contributed by atoms with Gasteiger partial charge in [0.05, 0.1) is 64.9 Å². The number of ether oxygens (including phenoxy) is 16. The van der Waals surface area contributed by atoms with Gasteiger partial charge in [0, 0.05) is 11.1 Å². The Balaban J connectivity index is 0.964. The summed E-state index contributed by atoms with van der Waals surface area (Å²) < 4.78 is 113. The number of fused-ring (bicyclic) bond motifs is 2. The summed E-state index contributed by atoms with van der Waals surface area (Å²) in [7, 11) is 0. The molecule has 0 bridgehead atoms. The lowest BCUT2D eigenvalue weighted by Crippen LogP contribution is -2.69. The topological polar surface area (TPSA) is 165 Å². The summed E-state index contributed by atoms with van der Waals surface area (Å²) in [6, 6.07) is 68.9. The van der Waals surface area contributed by atoms with Crippen LogP contribution in [0, 0.1) is 5.41 Å². The number of esters is 1. The van der Waals surface area contributed by atoms with E-state index >= 15 is 0 Å². The molecule has 0 N–H and O–H groups in total. The Morgan fingerprint density at radius 3 is 1.28 bits per heavy atom. The Bertz CT molecular complexity index is 3350. The summed E-state index contributed by atoms with van der Waals surface area (Å²) in [5.74, 6) is -0.500. The molecular formula is C77H86O17. The highest BCUT2D eigenvalue weighted by Gasteiger charge is 2.60. The SMILES string of the molecule is C=CCCCO[C@H]1O[C@H](COCc2ccccc2)[C@@H](O[C@@H]2O[C@@H]3CO[C@@H](c4ccccc4)O[C@H]3[C@H](O[C@@H]3O[C@@H]4CO[C@@H](c5ccccc5)O[C@H]4[C@H](OCc4ccccc4)[C@@H]3OCc3ccccc3)[C@@H]2OCc2ccccc2)[C@H](OCc2ccccc2)[C@@H]1OC(=O)C(C)(C)C. The molecule has 94 heavy (non-hydrogen) atoms. The van der Waals surface area contributed by atoms with Crippen molar-refractivity contribution in [1.82, 2.24) is 0 Å². The molecule has 17 atom stereocenters. The maximum absolute atomic E-state index is 14.4. The predicted molar refractivity (Wildman–Crippen MR) is 347 cm³/mol. The van der Waals surface area contributed by atoms with Gasteiger partial charge in [0.1, 0.15) is 67.1 Å². The van der Waals surface area contributed by atoms with Crippen LogP contribution in [0.3, 0.4) is 0 Å². The van der Waals surface area contributed by atoms with Crippen LogP contribution >= 0.6 is 0 Å². The smallest absolute Gasteiger partial charge is 0.311 e. The second-order valence-corrected chi connectivity index (χ2v) is 25.2. The molecule has 5 aliphatic rings. The third kappa shape index (κ3) is 17.6. The van der Waals surface area contributed by atoms with Gasteiger partial charge in [0.15, 0.2) is 37.6 Å². The van der Waals surface area contributed by atoms with Crippen molar-refractivity contribution in [2.24, 2.45) is 5.41 Å². The van der Waals surface area contributed by atoms with E-state index in [1.807, 2.05) is 218 Å². The number of allylic oxidation sites excluding steroid dienone is 1. The third-order valence-electron chi connectivity index (χ3n) is 17.1. The van der Waals surface area contributed by atoms with Gasteiger partial charge in [-0.2, -0.15) is 0 Å². The predicted octanol–water partition coefficient (Wildman–Crippen LogP) is 12.7. The molecule has 0 aromatic heterocycles. The van der Waals surface area contributed by atoms with Gasteiger partial charge in [-0.15, -0.1) is 6.58 Å². The van der Waals surface area contributed by atoms with Crippen molar-refractivity contribution >= 4 is 5.97 Å². The van der Waals surface area contributed by atoms with E-state index in [0.717, 1.165) is 38.9 Å². The van der Waals surface area contributed by atoms with Crippen LogP contribution in [0.1, 0.15) is 85.1 Å². The number of benzene rings is 7. The number of carbonyl (C=O) groups is 1. The van der Waals surface area contributed by atoms with Gasteiger partial charge < -0.3 is 75.8 Å². The number of rotatable bonds is 28. The average Bonchev–Trinajstić information content (AvgIpc) is 0.761. The van der Waals surface area contributed by atoms with Crippen LogP contribution in [-0.2, 0) is 114 Å². The van der Waals surface area contributed by atoms with E-state index in [0.29, 0.717) is 12.8 Å². The van der Waals surface area contributed by atoms with Crippen molar-refractivity contribution in [3.63, 3.8) is 0 Å². The Morgan fingerprint density at radius 1 is 0.436 bits per heavy atom. The number of hydrogen-bond donors (Lipinski definition) is 0. The van der Waals surface area contributed by atoms with E-state index in [1.54, 1.807) is 20.8 Å². The molecule has 5 aliphatic heterocycles. The fourth-order valence-corrected chi connectivity index (χ4v) is 12.2. The summed E-state index contributed by atoms with van der Waals surface area (Å²) in [6.45, 7) is 10.5. The lowest BCUT2D eigenvalue weighted by atomic mass is 9.94. The Kier molecular flexibility index (Phi) is 23.7. The van der Waals surface area contributed by atoms with E-state index in [2.05, 4.69) is 6.58 Å². The number of hydrogen-bond acceptors (Lipinski definition) is 17. The highest BCUT2D eigenvalue weighted by molar-refractivity contribution is 5.75. The van der Waals surface area contributed by atoms with Crippen LogP contribution < -0.4 is 0 Å². The van der Waals surface area contributed by atoms with Gasteiger partial charge in [-0.05, 0) is 61.4 Å². The zero-order valence-electron chi connectivity index (χ0n) is 53.5. The molecule has 5 heterocycles. The summed E-state index contributed by atoms with van der Waals surface area (Å²) in [5, 5.41) is 0. The standard InChI is InChI=1S/C77H86O17/c1-5-6-28-43-80-73-70(94-76(78)77(2,3)4)66(82-46-54-33-18-9-19-34-54)62(59(87-73)49-79-44-52-29-14-7-15-30-52)92-75-69(84-48-56-37-22-11-23-38-56)67(64-61(89-75)51-86-72(91-64)58-41-26-13-27-42-58)93-74-68(83-47-55-35-20-10-21-36-55)65(81-45-53-31-16-8-17-32-53)63-60(88-74)50-85-71(90-63)57-39-24-12-25-40-57/h5,7-27,29-42,59-75H,1,6,28,43-51H2,2-4H3/t59-,60-,61-,62-,63-,64-,65+,66+,67+,68+,69+,70+,71-,72-,73+,74+,75+/m1/s1. The second kappa shape index (κ2) is 33.2. The van der Waals surface area contributed by atoms with Crippen LogP contribution in [0.5, 0.6) is 0 Å². The van der Waals surface area contributed by atoms with Crippen molar-refractivity contribution in [2.45, 2.75) is 171 Å². The fraction of sp³-hybridized carbons (Fsp3) is 0.416. The molecular weight excluding hydrogens is 1200 g/mol. The van der Waals surface area contributed by atoms with E-state index in [1.165, 1.54) is 0 Å². The molecule has 0 spiro atoms. The molecule has 5 saturated heterocycles. The number of carbonyl (C=O) groups excluding carboxylic acids is 1. The molecule has 0 amide bonds. The van der Waals surface area contributed by atoms with Gasteiger partial charge in [-0.3, -0.25) is 4.79 Å². The zero-order chi connectivity index (χ0) is 64.5. The van der Waals surface area contributed by atoms with E-state index in [4.69, 9.17) is 75.8 Å². The molecule has 0 unspecified atom stereocenters. The van der Waals surface area contributed by atoms with E-state index in [-0.39, 0.29) is 59.5 Å². The molecule has 5 fully saturated rings. The van der Waals surface area contributed by atoms with Gasteiger partial charge in [-0.1, -0.05) is 218 Å². The quantitative estimate of drug-likeness (QED) is 0.0258. The van der Waals surface area contributed by atoms with Crippen LogP contribution in [0.15, 0.2) is 225 Å². The Labute approximate surface area is 551 Å². The number of unbranched alkanes of at least 4 members (excludes halogenated alkanes) is 1. The zero-order valence-corrected chi connectivity index (χ0v) is 53.5. The summed E-state index contributed by atoms with van der Waals surface area (Å²) in [6.07, 6.45) is -13.7. The molecule has 12 rings (SSSR count). The Hall–Kier alpha value is -6.85. The molecule has 17 heteroatoms.